The molecule has 0 atom stereocenters. The van der Waals surface area contributed by atoms with Crippen LogP contribution in [0.1, 0.15) is 79.8 Å². The van der Waals surface area contributed by atoms with Crippen molar-refractivity contribution in [2.24, 2.45) is 0 Å². The maximum atomic E-state index is 6.47. The van der Waals surface area contributed by atoms with Gasteiger partial charge in [-0.1, -0.05) is 161 Å². The van der Waals surface area contributed by atoms with E-state index >= 15 is 0 Å². The summed E-state index contributed by atoms with van der Waals surface area (Å²) in [6, 6.07) is 55.7. The van der Waals surface area contributed by atoms with Crippen molar-refractivity contribution in [3.63, 3.8) is 0 Å². The van der Waals surface area contributed by atoms with Crippen LogP contribution in [0.25, 0.3) is 34.4 Å². The summed E-state index contributed by atoms with van der Waals surface area (Å²) in [5, 5.41) is 2.74. The minimum absolute atomic E-state index is 0.00201. The Morgan fingerprint density at radius 1 is 0.567 bits per heavy atom. The lowest BCUT2D eigenvalue weighted by molar-refractivity contribution is 0.550. The summed E-state index contributed by atoms with van der Waals surface area (Å²) in [6.07, 6.45) is 25.2. The topological polar surface area (TPSA) is 6.48 Å². The van der Waals surface area contributed by atoms with E-state index in [0.29, 0.717) is 0 Å². The number of terminal acetylenes is 1. The molecule has 1 saturated carbocycles. The van der Waals surface area contributed by atoms with Gasteiger partial charge in [-0.05, 0) is 153 Å². The van der Waals surface area contributed by atoms with E-state index in [1.807, 2.05) is 0 Å². The number of hydrogen-bond acceptors (Lipinski definition) is 2. The molecule has 1 spiro atoms. The minimum atomic E-state index is -2.02. The fourth-order valence-electron chi connectivity index (χ4n) is 12.9. The summed E-state index contributed by atoms with van der Waals surface area (Å²) in [4.78, 5) is 7.76. The molecule has 0 unspecified atom stereocenters. The van der Waals surface area contributed by atoms with Crippen LogP contribution in [0.2, 0.25) is 13.1 Å². The van der Waals surface area contributed by atoms with Crippen molar-refractivity contribution in [1.82, 2.24) is 0 Å². The molecule has 12 rings (SSSR count). The third kappa shape index (κ3) is 5.97. The van der Waals surface area contributed by atoms with Crippen molar-refractivity contribution in [3.8, 4) is 34.6 Å². The highest BCUT2D eigenvalue weighted by atomic mass is 32.3. The summed E-state index contributed by atoms with van der Waals surface area (Å²) >= 11 is 0. The first-order chi connectivity index (χ1) is 32.4. The SMILES string of the molecule is C#CC1=C(C=CC)[Si](C)(C)c2ccccc2N1c1ccc2c(c1)C1(CCCC1)c1cc(C=Cc3ccc4c(c3)C(C)(C)c3cc(N5c6ccccc6S(C)(C)c6ccccc65)ccc3-4)ccc1-2. The van der Waals surface area contributed by atoms with E-state index in [2.05, 4.69) is 232 Å². The first-order valence-corrected chi connectivity index (χ1v) is 29.6. The molecule has 0 amide bonds. The highest BCUT2D eigenvalue weighted by molar-refractivity contribution is 8.33. The van der Waals surface area contributed by atoms with Gasteiger partial charge in [0.05, 0.1) is 17.1 Å². The second-order valence-corrected chi connectivity index (χ2v) is 28.7. The molecule has 2 nitrogen and oxygen atoms in total. The molecule has 330 valence electrons. The Labute approximate surface area is 400 Å². The van der Waals surface area contributed by atoms with Crippen LogP contribution in [0.5, 0.6) is 0 Å². The zero-order valence-electron chi connectivity index (χ0n) is 39.9. The van der Waals surface area contributed by atoms with Gasteiger partial charge in [0.15, 0.2) is 0 Å². The zero-order chi connectivity index (χ0) is 46.0. The number of nitrogens with zero attached hydrogens (tertiary/aromatic N) is 2. The predicted octanol–water partition coefficient (Wildman–Crippen LogP) is 16.3. The Kier molecular flexibility index (Phi) is 9.37. The van der Waals surface area contributed by atoms with Gasteiger partial charge in [0.25, 0.3) is 0 Å². The number of allylic oxidation sites excluding steroid dienone is 4. The first-order valence-electron chi connectivity index (χ1n) is 24.1. The fraction of sp³-hybridized carbons (Fsp3) is 0.206. The van der Waals surface area contributed by atoms with Crippen LogP contribution in [-0.4, -0.2) is 20.6 Å². The number of rotatable bonds is 5. The molecular formula is C63H58N2SSi. The Bertz CT molecular complexity index is 3330. The van der Waals surface area contributed by atoms with Crippen LogP contribution in [0, 0.1) is 12.3 Å². The second-order valence-electron chi connectivity index (χ2n) is 20.8. The van der Waals surface area contributed by atoms with Gasteiger partial charge in [0.1, 0.15) is 8.07 Å². The minimum Gasteiger partial charge on any atom is -0.308 e. The molecule has 2 aliphatic heterocycles. The van der Waals surface area contributed by atoms with Gasteiger partial charge in [0, 0.05) is 37.7 Å². The molecular weight excluding hydrogens is 845 g/mol. The van der Waals surface area contributed by atoms with Crippen molar-refractivity contribution in [1.29, 1.82) is 0 Å². The van der Waals surface area contributed by atoms with Crippen LogP contribution in [0.4, 0.5) is 28.4 Å². The molecule has 7 aromatic rings. The normalized spacial score (nSPS) is 18.8. The van der Waals surface area contributed by atoms with E-state index in [-0.39, 0.29) is 10.8 Å². The number of fused-ring (bicyclic) bond motifs is 11. The molecule has 4 heteroatoms. The summed E-state index contributed by atoms with van der Waals surface area (Å²) < 4.78 is 0. The summed E-state index contributed by atoms with van der Waals surface area (Å²) in [6.45, 7) is 11.8. The van der Waals surface area contributed by atoms with Crippen molar-refractivity contribution in [3.05, 3.63) is 202 Å². The Morgan fingerprint density at radius 2 is 1.04 bits per heavy atom. The van der Waals surface area contributed by atoms with Crippen LogP contribution in [0.3, 0.4) is 0 Å². The number of anilines is 5. The quantitative estimate of drug-likeness (QED) is 0.0965. The highest BCUT2D eigenvalue weighted by Gasteiger charge is 2.46. The largest absolute Gasteiger partial charge is 0.308 e. The molecule has 0 N–H and O–H groups in total. The molecule has 0 bridgehead atoms. The van der Waals surface area contributed by atoms with Gasteiger partial charge < -0.3 is 9.80 Å². The number of para-hydroxylation sites is 3. The zero-order valence-corrected chi connectivity index (χ0v) is 41.7. The lowest BCUT2D eigenvalue weighted by Crippen LogP contribution is -2.50. The average molecular weight is 903 g/mol. The smallest absolute Gasteiger partial charge is 0.118 e. The van der Waals surface area contributed by atoms with E-state index in [9.17, 15) is 0 Å². The Hall–Kier alpha value is -6.51. The molecule has 0 saturated heterocycles. The number of benzene rings is 7. The van der Waals surface area contributed by atoms with E-state index in [4.69, 9.17) is 6.42 Å². The van der Waals surface area contributed by atoms with Gasteiger partial charge in [0.2, 0.25) is 0 Å². The Morgan fingerprint density at radius 3 is 1.64 bits per heavy atom. The molecule has 5 aliphatic rings. The molecule has 0 radical (unpaired) electrons. The van der Waals surface area contributed by atoms with Gasteiger partial charge in [-0.2, -0.15) is 10.0 Å². The third-order valence-electron chi connectivity index (χ3n) is 16.2. The van der Waals surface area contributed by atoms with E-state index in [1.54, 1.807) is 0 Å². The summed E-state index contributed by atoms with van der Waals surface area (Å²) in [5.74, 6) is 3.19. The lowest BCUT2D eigenvalue weighted by Gasteiger charge is -2.45. The molecule has 67 heavy (non-hydrogen) atoms. The predicted molar refractivity (Wildman–Crippen MR) is 291 cm³/mol. The third-order valence-corrected chi connectivity index (χ3v) is 22.7. The first kappa shape index (κ1) is 41.9. The maximum Gasteiger partial charge on any atom is 0.118 e. The average Bonchev–Trinajstić information content (AvgIpc) is 4.00. The number of hydrogen-bond donors (Lipinski definition) is 0. The molecule has 7 aromatic carbocycles. The molecule has 3 aliphatic carbocycles. The molecule has 0 aromatic heterocycles. The van der Waals surface area contributed by atoms with Crippen molar-refractivity contribution in [2.75, 3.05) is 22.3 Å². The van der Waals surface area contributed by atoms with Crippen LogP contribution in [-0.2, 0) is 10.8 Å². The van der Waals surface area contributed by atoms with E-state index in [0.717, 1.165) is 11.4 Å². The van der Waals surface area contributed by atoms with Crippen LogP contribution < -0.4 is 15.0 Å². The molecule has 1 fully saturated rings. The van der Waals surface area contributed by atoms with Gasteiger partial charge in [-0.25, -0.2) is 0 Å². The van der Waals surface area contributed by atoms with Crippen molar-refractivity contribution < 1.29 is 0 Å². The highest BCUT2D eigenvalue weighted by Crippen LogP contribution is 2.67. The van der Waals surface area contributed by atoms with Crippen molar-refractivity contribution in [2.45, 2.75) is 80.2 Å². The lowest BCUT2D eigenvalue weighted by atomic mass is 9.76. The fourth-order valence-corrected chi connectivity index (χ4v) is 18.3. The monoisotopic (exact) mass is 902 g/mol. The Balaban J connectivity index is 0.870. The summed E-state index contributed by atoms with van der Waals surface area (Å²) in [5.41, 5.74) is 20.7. The van der Waals surface area contributed by atoms with Crippen LogP contribution in [0.15, 0.2) is 178 Å². The van der Waals surface area contributed by atoms with E-state index in [1.165, 1.54) is 124 Å². The van der Waals surface area contributed by atoms with Gasteiger partial charge in [-0.15, -0.1) is 6.42 Å². The van der Waals surface area contributed by atoms with Crippen molar-refractivity contribution >= 4 is 63.9 Å². The molecule has 2 heterocycles. The van der Waals surface area contributed by atoms with Gasteiger partial charge >= 0.3 is 0 Å². The second kappa shape index (κ2) is 15.0. The van der Waals surface area contributed by atoms with E-state index < -0.39 is 18.1 Å². The van der Waals surface area contributed by atoms with Crippen LogP contribution >= 0.6 is 10.0 Å². The maximum absolute atomic E-state index is 6.47. The van der Waals surface area contributed by atoms with Gasteiger partial charge in [-0.3, -0.25) is 0 Å². The summed E-state index contributed by atoms with van der Waals surface area (Å²) in [7, 11) is -3.17. The standard InChI is InChI=1S/C63H58N2SSi/c1-9-19-60-54(10-2)64(57-22-13-16-25-61(57)67(60,7)8)45-31-35-49-48-33-29-43(39-52(48)63(53(49)41-45)36-17-18-37-63)27-26-42-28-32-46-47-34-30-44(40-51(47)62(3,4)50(46)38-42)65-55-20-11-14-23-58(55)66(5,6)59-24-15-12-21-56(59)65/h2,9,11-16,19-35,38-41H,17-18,36-37H2,1,3-8H3.